The van der Waals surface area contributed by atoms with Gasteiger partial charge in [-0.15, -0.1) is 0 Å². The molecule has 2 N–H and O–H groups in total. The van der Waals surface area contributed by atoms with Crippen molar-refractivity contribution in [2.24, 2.45) is 0 Å². The summed E-state index contributed by atoms with van der Waals surface area (Å²) in [6, 6.07) is 9.75. The minimum Gasteiger partial charge on any atom is -0.389 e. The predicted molar refractivity (Wildman–Crippen MR) is 104 cm³/mol. The third kappa shape index (κ3) is 4.33. The molecule has 0 amide bonds. The number of nitrogens with one attached hydrogen (secondary N) is 1. The lowest BCUT2D eigenvalue weighted by molar-refractivity contribution is 0.0109. The molecule has 3 nitrogen and oxygen atoms in total. The zero-order chi connectivity index (χ0) is 17.1. The van der Waals surface area contributed by atoms with E-state index in [9.17, 15) is 5.11 Å². The Balaban J connectivity index is 1.32. The van der Waals surface area contributed by atoms with Crippen LogP contribution in [0.25, 0.3) is 6.08 Å². The summed E-state index contributed by atoms with van der Waals surface area (Å²) in [6.45, 7) is 4.35. The van der Waals surface area contributed by atoms with Crippen molar-refractivity contribution in [1.29, 1.82) is 0 Å². The van der Waals surface area contributed by atoms with E-state index in [0.717, 1.165) is 38.4 Å². The van der Waals surface area contributed by atoms with Gasteiger partial charge in [0.25, 0.3) is 0 Å². The number of nitrogens with zero attached hydrogens (tertiary/aromatic N) is 1. The molecule has 3 fully saturated rings. The van der Waals surface area contributed by atoms with Gasteiger partial charge in [-0.3, -0.25) is 4.90 Å². The van der Waals surface area contributed by atoms with Crippen LogP contribution in [0.3, 0.4) is 0 Å². The number of benzene rings is 1. The molecule has 1 aromatic rings. The molecule has 2 saturated heterocycles. The van der Waals surface area contributed by atoms with Gasteiger partial charge >= 0.3 is 0 Å². The first-order valence-corrected chi connectivity index (χ1v) is 10.2. The van der Waals surface area contributed by atoms with E-state index in [4.69, 9.17) is 0 Å². The summed E-state index contributed by atoms with van der Waals surface area (Å²) < 4.78 is 0. The Morgan fingerprint density at radius 2 is 1.76 bits per heavy atom. The normalized spacial score (nSPS) is 24.8. The van der Waals surface area contributed by atoms with Gasteiger partial charge in [-0.2, -0.15) is 0 Å². The van der Waals surface area contributed by atoms with Crippen LogP contribution in [0.1, 0.15) is 56.1 Å². The molecule has 0 bridgehead atoms. The first-order chi connectivity index (χ1) is 12.2. The number of hydrogen-bond donors (Lipinski definition) is 2. The van der Waals surface area contributed by atoms with Gasteiger partial charge in [-0.25, -0.2) is 0 Å². The molecule has 2 heterocycles. The highest BCUT2D eigenvalue weighted by atomic mass is 16.3. The van der Waals surface area contributed by atoms with Crippen molar-refractivity contribution in [3.05, 3.63) is 41.0 Å². The lowest BCUT2D eigenvalue weighted by Gasteiger charge is -2.40. The van der Waals surface area contributed by atoms with Crippen LogP contribution < -0.4 is 5.32 Å². The smallest absolute Gasteiger partial charge is 0.0712 e. The van der Waals surface area contributed by atoms with Crippen molar-refractivity contribution in [1.82, 2.24) is 10.2 Å². The van der Waals surface area contributed by atoms with Crippen LogP contribution in [0.2, 0.25) is 0 Å². The maximum Gasteiger partial charge on any atom is 0.0712 e. The van der Waals surface area contributed by atoms with Gasteiger partial charge in [0.15, 0.2) is 0 Å². The van der Waals surface area contributed by atoms with Crippen molar-refractivity contribution >= 4 is 6.08 Å². The molecule has 136 valence electrons. The number of hydrogen-bond acceptors (Lipinski definition) is 3. The lowest BCUT2D eigenvalue weighted by atomic mass is 9.86. The van der Waals surface area contributed by atoms with Crippen LogP contribution in [0, 0.1) is 0 Å². The summed E-state index contributed by atoms with van der Waals surface area (Å²) in [5, 5.41) is 14.0. The van der Waals surface area contributed by atoms with Gasteiger partial charge in [0.1, 0.15) is 0 Å². The van der Waals surface area contributed by atoms with E-state index in [0.29, 0.717) is 0 Å². The Morgan fingerprint density at radius 3 is 2.36 bits per heavy atom. The van der Waals surface area contributed by atoms with E-state index in [1.165, 1.54) is 56.3 Å². The second-order valence-corrected chi connectivity index (χ2v) is 8.32. The van der Waals surface area contributed by atoms with Crippen LogP contribution in [0.4, 0.5) is 0 Å². The van der Waals surface area contributed by atoms with E-state index < -0.39 is 5.60 Å². The van der Waals surface area contributed by atoms with Crippen LogP contribution in [-0.2, 0) is 6.42 Å². The number of piperidine rings is 2. The van der Waals surface area contributed by atoms with Crippen molar-refractivity contribution < 1.29 is 5.11 Å². The molecule has 0 radical (unpaired) electrons. The highest BCUT2D eigenvalue weighted by Gasteiger charge is 2.29. The summed E-state index contributed by atoms with van der Waals surface area (Å²) in [5.41, 5.74) is 3.65. The Morgan fingerprint density at radius 1 is 1.08 bits per heavy atom. The van der Waals surface area contributed by atoms with Crippen molar-refractivity contribution in [3.8, 4) is 0 Å². The summed E-state index contributed by atoms with van der Waals surface area (Å²) in [7, 11) is 0. The van der Waals surface area contributed by atoms with E-state index in [1.807, 2.05) is 0 Å². The standard InChI is InChI=1S/C22H32N2O/c25-22(10-12-23-13-11-22)17-20-6-4-18(5-7-20)16-19-8-14-24(15-9-19)21-2-1-3-21/h4-7,16,21,23,25H,1-3,8-15,17H2. The Hall–Kier alpha value is -1.16. The molecule has 1 saturated carbocycles. The summed E-state index contributed by atoms with van der Waals surface area (Å²) in [4.78, 5) is 2.70. The SMILES string of the molecule is OC1(Cc2ccc(C=C3CCN(C4CCC4)CC3)cc2)CCNCC1. The minimum atomic E-state index is -0.514. The summed E-state index contributed by atoms with van der Waals surface area (Å²) in [6.07, 6.45) is 11.6. The van der Waals surface area contributed by atoms with Gasteiger partial charge in [0.2, 0.25) is 0 Å². The van der Waals surface area contributed by atoms with Crippen molar-refractivity contribution in [3.63, 3.8) is 0 Å². The Bertz CT molecular complexity index is 587. The Kier molecular flexibility index (Phi) is 5.25. The number of rotatable bonds is 4. The Labute approximate surface area is 152 Å². The topological polar surface area (TPSA) is 35.5 Å². The molecule has 1 aromatic carbocycles. The van der Waals surface area contributed by atoms with Gasteiger partial charge in [-0.1, -0.05) is 42.3 Å². The third-order valence-electron chi connectivity index (χ3n) is 6.45. The zero-order valence-electron chi connectivity index (χ0n) is 15.3. The van der Waals surface area contributed by atoms with Gasteiger partial charge in [0.05, 0.1) is 5.60 Å². The quantitative estimate of drug-likeness (QED) is 0.882. The highest BCUT2D eigenvalue weighted by Crippen LogP contribution is 2.29. The third-order valence-corrected chi connectivity index (χ3v) is 6.45. The van der Waals surface area contributed by atoms with Gasteiger partial charge < -0.3 is 10.4 Å². The maximum atomic E-state index is 10.7. The molecule has 25 heavy (non-hydrogen) atoms. The predicted octanol–water partition coefficient (Wildman–Crippen LogP) is 3.38. The molecule has 3 heteroatoms. The fourth-order valence-electron chi connectivity index (χ4n) is 4.49. The molecule has 4 rings (SSSR count). The van der Waals surface area contributed by atoms with Gasteiger partial charge in [-0.05, 0) is 62.7 Å². The second kappa shape index (κ2) is 7.61. The molecule has 0 unspecified atom stereocenters. The van der Waals surface area contributed by atoms with Crippen molar-refractivity contribution in [2.45, 2.75) is 63.0 Å². The number of aliphatic hydroxyl groups is 1. The molecule has 2 aliphatic heterocycles. The molecule has 0 atom stereocenters. The van der Waals surface area contributed by atoms with Gasteiger partial charge in [0, 0.05) is 25.6 Å². The van der Waals surface area contributed by atoms with E-state index in [-0.39, 0.29) is 0 Å². The average Bonchev–Trinajstić information content (AvgIpc) is 2.57. The lowest BCUT2D eigenvalue weighted by Crippen LogP contribution is -2.43. The van der Waals surface area contributed by atoms with Crippen molar-refractivity contribution in [2.75, 3.05) is 26.2 Å². The first kappa shape index (κ1) is 17.3. The number of likely N-dealkylation sites (tertiary alicyclic amines) is 1. The fraction of sp³-hybridized carbons (Fsp3) is 0.636. The fourth-order valence-corrected chi connectivity index (χ4v) is 4.49. The van der Waals surface area contributed by atoms with Crippen LogP contribution in [-0.4, -0.2) is 47.8 Å². The molecule has 1 aliphatic carbocycles. The molecule has 0 aromatic heterocycles. The largest absolute Gasteiger partial charge is 0.389 e. The molecular weight excluding hydrogens is 308 g/mol. The maximum absolute atomic E-state index is 10.7. The minimum absolute atomic E-state index is 0.514. The van der Waals surface area contributed by atoms with E-state index in [2.05, 4.69) is 40.6 Å². The molecule has 3 aliphatic rings. The summed E-state index contributed by atoms with van der Waals surface area (Å²) >= 11 is 0. The van der Waals surface area contributed by atoms with E-state index >= 15 is 0 Å². The zero-order valence-corrected chi connectivity index (χ0v) is 15.3. The highest BCUT2D eigenvalue weighted by molar-refractivity contribution is 5.53. The van der Waals surface area contributed by atoms with Crippen LogP contribution in [0.5, 0.6) is 0 Å². The van der Waals surface area contributed by atoms with Crippen LogP contribution >= 0.6 is 0 Å². The van der Waals surface area contributed by atoms with Crippen LogP contribution in [0.15, 0.2) is 29.8 Å². The molecular formula is C22H32N2O. The average molecular weight is 341 g/mol. The second-order valence-electron chi connectivity index (χ2n) is 8.32. The molecule has 0 spiro atoms. The van der Waals surface area contributed by atoms with E-state index in [1.54, 1.807) is 5.57 Å². The first-order valence-electron chi connectivity index (χ1n) is 10.2. The monoisotopic (exact) mass is 340 g/mol. The summed E-state index contributed by atoms with van der Waals surface area (Å²) in [5.74, 6) is 0.